The molecule has 0 fully saturated rings. The number of thioether (sulfide) groups is 1. The molecule has 0 radical (unpaired) electrons. The van der Waals surface area contributed by atoms with Crippen LogP contribution in [0.3, 0.4) is 0 Å². The number of rotatable bonds is 14. The van der Waals surface area contributed by atoms with Gasteiger partial charge in [-0.3, -0.25) is 4.79 Å². The van der Waals surface area contributed by atoms with Crippen LogP contribution >= 0.6 is 20.2 Å². The van der Waals surface area contributed by atoms with Crippen LogP contribution in [-0.2, 0) is 9.26 Å². The van der Waals surface area contributed by atoms with E-state index >= 15 is 0 Å². The maximum Gasteiger partial charge on any atom is 0.221 e. The van der Waals surface area contributed by atoms with Gasteiger partial charge in [0.2, 0.25) is 5.12 Å². The number of benzene rings is 1. The molecule has 0 amide bonds. The van der Waals surface area contributed by atoms with Crippen LogP contribution in [0.1, 0.15) is 72.2 Å². The molecular formula is C23H42N3O3PS. The molecule has 31 heavy (non-hydrogen) atoms. The fourth-order valence-electron chi connectivity index (χ4n) is 3.40. The number of nitrogens with two attached hydrogens (primary N) is 1. The van der Waals surface area contributed by atoms with E-state index in [1.807, 2.05) is 0 Å². The minimum absolute atomic E-state index is 0.00575. The van der Waals surface area contributed by atoms with E-state index in [-0.39, 0.29) is 5.12 Å². The van der Waals surface area contributed by atoms with Crippen LogP contribution in [0.5, 0.6) is 0 Å². The molecule has 0 heterocycles. The van der Waals surface area contributed by atoms with Crippen molar-refractivity contribution in [2.75, 3.05) is 24.9 Å². The first kappa shape index (κ1) is 28.3. The Kier molecular flexibility index (Phi) is 13.2. The first-order valence-corrected chi connectivity index (χ1v) is 13.3. The lowest BCUT2D eigenvalue weighted by atomic mass is 10.2. The molecule has 0 aliphatic carbocycles. The van der Waals surface area contributed by atoms with Gasteiger partial charge in [0, 0.05) is 42.0 Å². The minimum atomic E-state index is -0.872. The molecule has 1 rings (SSSR count). The van der Waals surface area contributed by atoms with E-state index in [2.05, 4.69) is 64.7 Å². The van der Waals surface area contributed by atoms with Crippen molar-refractivity contribution in [3.8, 4) is 0 Å². The molecule has 0 aromatic heterocycles. The molecule has 0 saturated heterocycles. The molecule has 1 aromatic rings. The summed E-state index contributed by atoms with van der Waals surface area (Å²) in [6, 6.07) is 8.56. The van der Waals surface area contributed by atoms with Gasteiger partial charge < -0.3 is 15.0 Å². The van der Waals surface area contributed by atoms with Gasteiger partial charge in [0.25, 0.3) is 0 Å². The van der Waals surface area contributed by atoms with Gasteiger partial charge in [0.15, 0.2) is 8.45 Å². The summed E-state index contributed by atoms with van der Waals surface area (Å²) in [5.74, 6) is 0.339. The average Bonchev–Trinajstić information content (AvgIpc) is 2.66. The number of hydrogen-bond donors (Lipinski definition) is 1. The molecule has 0 aliphatic heterocycles. The highest BCUT2D eigenvalue weighted by atomic mass is 32.2. The molecule has 8 heteroatoms. The van der Waals surface area contributed by atoms with Gasteiger partial charge >= 0.3 is 0 Å². The Morgan fingerprint density at radius 1 is 0.903 bits per heavy atom. The molecule has 0 unspecified atom stereocenters. The van der Waals surface area contributed by atoms with E-state index in [1.54, 1.807) is 24.3 Å². The first-order valence-electron chi connectivity index (χ1n) is 11.2. The zero-order valence-electron chi connectivity index (χ0n) is 20.5. The number of nitrogen functional groups attached to an aromatic ring is 1. The number of nitrogens with zero attached hydrogens (tertiary/aromatic N) is 2. The van der Waals surface area contributed by atoms with E-state index in [0.717, 1.165) is 6.42 Å². The average molecular weight is 472 g/mol. The lowest BCUT2D eigenvalue weighted by Gasteiger charge is -2.45. The predicted molar refractivity (Wildman–Crippen MR) is 135 cm³/mol. The van der Waals surface area contributed by atoms with Crippen molar-refractivity contribution in [3.05, 3.63) is 29.8 Å². The quantitative estimate of drug-likeness (QED) is 0.155. The topological polar surface area (TPSA) is 68.0 Å². The monoisotopic (exact) mass is 471 g/mol. The van der Waals surface area contributed by atoms with Gasteiger partial charge in [0.1, 0.15) is 0 Å². The number of anilines is 1. The normalized spacial score (nSPS) is 12.5. The van der Waals surface area contributed by atoms with Gasteiger partial charge in [-0.05, 0) is 86.1 Å². The van der Waals surface area contributed by atoms with Gasteiger partial charge in [-0.25, -0.2) is 9.34 Å². The summed E-state index contributed by atoms with van der Waals surface area (Å²) in [4.78, 5) is 12.1. The van der Waals surface area contributed by atoms with Crippen LogP contribution in [0.4, 0.5) is 5.69 Å². The minimum Gasteiger partial charge on any atom is -0.399 e. The Hall–Kier alpha value is -0.690. The zero-order chi connectivity index (χ0) is 23.6. The van der Waals surface area contributed by atoms with Crippen molar-refractivity contribution in [3.63, 3.8) is 0 Å². The largest absolute Gasteiger partial charge is 0.399 e. The zero-order valence-corrected chi connectivity index (χ0v) is 22.2. The summed E-state index contributed by atoms with van der Waals surface area (Å²) in [6.07, 6.45) is 0.795. The molecule has 178 valence electrons. The highest BCUT2D eigenvalue weighted by Crippen LogP contribution is 2.50. The van der Waals surface area contributed by atoms with E-state index in [4.69, 9.17) is 15.0 Å². The highest BCUT2D eigenvalue weighted by molar-refractivity contribution is 8.14. The van der Waals surface area contributed by atoms with Crippen LogP contribution in [-0.4, -0.2) is 57.8 Å². The molecule has 0 saturated carbocycles. The van der Waals surface area contributed by atoms with Crippen LogP contribution in [0.25, 0.3) is 0 Å². The Morgan fingerprint density at radius 2 is 1.39 bits per heavy atom. The Balaban J connectivity index is 2.50. The number of ether oxygens (including phenoxy) is 1. The van der Waals surface area contributed by atoms with E-state index in [9.17, 15) is 4.79 Å². The Morgan fingerprint density at radius 3 is 1.84 bits per heavy atom. The number of hydrogen-bond acceptors (Lipinski definition) is 7. The lowest BCUT2D eigenvalue weighted by Crippen LogP contribution is -2.43. The SMILES string of the molecule is CC(C)N(C(C)C)P(OCCCOCSC(=O)c1ccc(N)cc1)N(C(C)C)C(C)C. The fraction of sp³-hybridized carbons (Fsp3) is 0.696. The van der Waals surface area contributed by atoms with Gasteiger partial charge in [0.05, 0.1) is 12.5 Å². The molecule has 0 aliphatic rings. The van der Waals surface area contributed by atoms with Crippen molar-refractivity contribution in [2.24, 2.45) is 0 Å². The van der Waals surface area contributed by atoms with Crippen LogP contribution in [0, 0.1) is 0 Å². The summed E-state index contributed by atoms with van der Waals surface area (Å²) in [5.41, 5.74) is 6.95. The van der Waals surface area contributed by atoms with Crippen molar-refractivity contribution < 1.29 is 14.1 Å². The van der Waals surface area contributed by atoms with Crippen molar-refractivity contribution in [1.82, 2.24) is 9.34 Å². The van der Waals surface area contributed by atoms with Crippen molar-refractivity contribution in [1.29, 1.82) is 0 Å². The second-order valence-corrected chi connectivity index (χ2v) is 11.2. The van der Waals surface area contributed by atoms with Gasteiger partial charge in [-0.1, -0.05) is 11.8 Å². The molecule has 2 N–H and O–H groups in total. The molecule has 1 aromatic carbocycles. The van der Waals surface area contributed by atoms with Crippen molar-refractivity contribution in [2.45, 2.75) is 86.0 Å². The highest BCUT2D eigenvalue weighted by Gasteiger charge is 2.34. The molecule has 6 nitrogen and oxygen atoms in total. The number of carbonyl (C=O) groups is 1. The van der Waals surface area contributed by atoms with Crippen molar-refractivity contribution >= 4 is 31.0 Å². The van der Waals surface area contributed by atoms with Gasteiger partial charge in [-0.2, -0.15) is 0 Å². The third kappa shape index (κ3) is 9.77. The maximum absolute atomic E-state index is 12.1. The summed E-state index contributed by atoms with van der Waals surface area (Å²) >= 11 is 1.17. The standard InChI is InChI=1S/C23H42N3O3PS/c1-17(2)25(18(3)4)30(26(19(5)6)20(7)8)29-15-9-14-28-16-31-23(27)21-10-12-22(24)13-11-21/h10-13,17-20H,9,14-16,24H2,1-8H3. The van der Waals surface area contributed by atoms with Crippen LogP contribution in [0.15, 0.2) is 24.3 Å². The second-order valence-electron chi connectivity index (χ2n) is 8.65. The summed E-state index contributed by atoms with van der Waals surface area (Å²) in [7, 11) is -0.872. The maximum atomic E-state index is 12.1. The molecule has 0 spiro atoms. The summed E-state index contributed by atoms with van der Waals surface area (Å²) in [5, 5.41) is -0.00575. The number of carbonyl (C=O) groups excluding carboxylic acids is 1. The summed E-state index contributed by atoms with van der Waals surface area (Å²) < 4.78 is 17.1. The third-order valence-corrected chi connectivity index (χ3v) is 8.40. The van der Waals surface area contributed by atoms with Crippen LogP contribution < -0.4 is 5.73 Å². The predicted octanol–water partition coefficient (Wildman–Crippen LogP) is 5.99. The van der Waals surface area contributed by atoms with Gasteiger partial charge in [-0.15, -0.1) is 0 Å². The van der Waals surface area contributed by atoms with E-state index in [0.29, 0.717) is 54.6 Å². The van der Waals surface area contributed by atoms with Crippen LogP contribution in [0.2, 0.25) is 0 Å². The lowest BCUT2D eigenvalue weighted by molar-refractivity contribution is 0.108. The Bertz CT molecular complexity index is 605. The third-order valence-electron chi connectivity index (χ3n) is 4.57. The summed E-state index contributed by atoms with van der Waals surface area (Å²) in [6.45, 7) is 19.1. The van der Waals surface area contributed by atoms with E-state index < -0.39 is 8.45 Å². The van der Waals surface area contributed by atoms with E-state index in [1.165, 1.54) is 11.8 Å². The molecular weight excluding hydrogens is 429 g/mol. The Labute approximate surface area is 195 Å². The first-order chi connectivity index (χ1) is 14.6. The fourth-order valence-corrected chi connectivity index (χ4v) is 6.39. The smallest absolute Gasteiger partial charge is 0.221 e. The second kappa shape index (κ2) is 14.5. The molecule has 0 atom stereocenters. The molecule has 0 bridgehead atoms.